The molecule has 1 saturated heterocycles. The fourth-order valence-electron chi connectivity index (χ4n) is 3.91. The van der Waals surface area contributed by atoms with Crippen molar-refractivity contribution in [2.45, 2.75) is 50.9 Å². The topological polar surface area (TPSA) is 3.24 Å². The third-order valence-corrected chi connectivity index (χ3v) is 5.71. The summed E-state index contributed by atoms with van der Waals surface area (Å²) in [5.74, 6) is 0. The number of rotatable bonds is 7. The quantitative estimate of drug-likeness (QED) is 0.655. The van der Waals surface area contributed by atoms with E-state index in [4.69, 9.17) is 0 Å². The minimum absolute atomic E-state index is 0.258. The van der Waals surface area contributed by atoms with E-state index < -0.39 is 0 Å². The second kappa shape index (κ2) is 8.48. The molecule has 0 aromatic heterocycles. The highest BCUT2D eigenvalue weighted by molar-refractivity contribution is 5.25. The summed E-state index contributed by atoms with van der Waals surface area (Å²) >= 11 is 0. The zero-order valence-corrected chi connectivity index (χ0v) is 15.1. The third-order valence-electron chi connectivity index (χ3n) is 5.71. The monoisotopic (exact) mass is 321 g/mol. The van der Waals surface area contributed by atoms with Gasteiger partial charge in [-0.15, -0.1) is 0 Å². The highest BCUT2D eigenvalue weighted by Gasteiger charge is 2.27. The molecule has 0 radical (unpaired) electrons. The lowest BCUT2D eigenvalue weighted by molar-refractivity contribution is 0.204. The van der Waals surface area contributed by atoms with Crippen LogP contribution in [0, 0.1) is 0 Å². The summed E-state index contributed by atoms with van der Waals surface area (Å²) < 4.78 is 0. The van der Waals surface area contributed by atoms with E-state index in [-0.39, 0.29) is 5.41 Å². The highest BCUT2D eigenvalue weighted by Crippen LogP contribution is 2.33. The lowest BCUT2D eigenvalue weighted by Crippen LogP contribution is -2.35. The van der Waals surface area contributed by atoms with Gasteiger partial charge in [-0.05, 0) is 68.3 Å². The van der Waals surface area contributed by atoms with Gasteiger partial charge in [-0.25, -0.2) is 0 Å². The Morgan fingerprint density at radius 3 is 2.08 bits per heavy atom. The maximum Gasteiger partial charge on any atom is -0.00103 e. The Kier molecular flexibility index (Phi) is 6.09. The van der Waals surface area contributed by atoms with E-state index in [9.17, 15) is 0 Å². The lowest BCUT2D eigenvalue weighted by Gasteiger charge is -2.34. The van der Waals surface area contributed by atoms with Gasteiger partial charge in [-0.2, -0.15) is 0 Å². The Balaban J connectivity index is 1.68. The maximum atomic E-state index is 2.67. The van der Waals surface area contributed by atoms with Gasteiger partial charge < -0.3 is 4.90 Å². The first-order valence-electron chi connectivity index (χ1n) is 9.58. The number of nitrogens with zero attached hydrogens (tertiary/aromatic N) is 1. The van der Waals surface area contributed by atoms with Gasteiger partial charge >= 0.3 is 0 Å². The largest absolute Gasteiger partial charge is 0.303 e. The van der Waals surface area contributed by atoms with Crippen LogP contribution < -0.4 is 0 Å². The molecule has 1 unspecified atom stereocenters. The number of aryl methyl sites for hydroxylation is 1. The van der Waals surface area contributed by atoms with Crippen LogP contribution >= 0.6 is 0 Å². The van der Waals surface area contributed by atoms with Crippen LogP contribution in [0.3, 0.4) is 0 Å². The fourth-order valence-corrected chi connectivity index (χ4v) is 3.91. The molecule has 0 saturated carbocycles. The molecule has 0 N–H and O–H groups in total. The first kappa shape index (κ1) is 17.2. The number of hydrogen-bond donors (Lipinski definition) is 0. The van der Waals surface area contributed by atoms with Gasteiger partial charge in [0.2, 0.25) is 0 Å². The summed E-state index contributed by atoms with van der Waals surface area (Å²) in [5.41, 5.74) is 3.21. The van der Waals surface area contributed by atoms with Crippen LogP contribution in [0.15, 0.2) is 60.7 Å². The molecule has 1 heterocycles. The molecule has 1 heteroatoms. The van der Waals surface area contributed by atoms with Crippen LogP contribution in [0.5, 0.6) is 0 Å². The van der Waals surface area contributed by atoms with Crippen molar-refractivity contribution >= 4 is 0 Å². The van der Waals surface area contributed by atoms with Crippen molar-refractivity contribution in [3.63, 3.8) is 0 Å². The molecule has 0 bridgehead atoms. The van der Waals surface area contributed by atoms with Gasteiger partial charge in [0.15, 0.2) is 0 Å². The standard InChI is InChI=1S/C23H31N/c1-23(22-13-7-3-8-14-22,16-15-21-11-5-2-6-12-21)17-20-24-18-9-4-10-19-24/h2-3,5-8,11-14H,4,9-10,15-20H2,1H3. The summed E-state index contributed by atoms with van der Waals surface area (Å²) in [6.07, 6.45) is 7.81. The van der Waals surface area contributed by atoms with Crippen LogP contribution in [-0.4, -0.2) is 24.5 Å². The molecule has 24 heavy (non-hydrogen) atoms. The Bertz CT molecular complexity index is 586. The van der Waals surface area contributed by atoms with Crippen LogP contribution in [0.25, 0.3) is 0 Å². The van der Waals surface area contributed by atoms with E-state index in [0.29, 0.717) is 0 Å². The van der Waals surface area contributed by atoms with Crippen LogP contribution in [0.1, 0.15) is 50.2 Å². The summed E-state index contributed by atoms with van der Waals surface area (Å²) in [7, 11) is 0. The fraction of sp³-hybridized carbons (Fsp3) is 0.478. The number of piperidine rings is 1. The van der Waals surface area contributed by atoms with E-state index >= 15 is 0 Å². The van der Waals surface area contributed by atoms with Gasteiger partial charge in [-0.3, -0.25) is 0 Å². The van der Waals surface area contributed by atoms with Crippen LogP contribution in [0.4, 0.5) is 0 Å². The van der Waals surface area contributed by atoms with Gasteiger partial charge in [0, 0.05) is 0 Å². The van der Waals surface area contributed by atoms with E-state index in [1.165, 1.54) is 62.9 Å². The molecular weight excluding hydrogens is 290 g/mol. The first-order valence-corrected chi connectivity index (χ1v) is 9.58. The third kappa shape index (κ3) is 4.70. The number of hydrogen-bond acceptors (Lipinski definition) is 1. The van der Waals surface area contributed by atoms with E-state index in [2.05, 4.69) is 72.5 Å². The molecule has 2 aromatic carbocycles. The second-order valence-corrected chi connectivity index (χ2v) is 7.56. The van der Waals surface area contributed by atoms with E-state index in [1.807, 2.05) is 0 Å². The summed E-state index contributed by atoms with van der Waals surface area (Å²) in [6, 6.07) is 22.1. The van der Waals surface area contributed by atoms with Crippen molar-refractivity contribution in [2.24, 2.45) is 0 Å². The summed E-state index contributed by atoms with van der Waals surface area (Å²) in [4.78, 5) is 2.67. The van der Waals surface area contributed by atoms with Gasteiger partial charge in [0.05, 0.1) is 0 Å². The van der Waals surface area contributed by atoms with E-state index in [0.717, 1.165) is 6.42 Å². The van der Waals surface area contributed by atoms with Crippen molar-refractivity contribution in [1.29, 1.82) is 0 Å². The molecular formula is C23H31N. The Hall–Kier alpha value is -1.60. The zero-order valence-electron chi connectivity index (χ0n) is 15.1. The van der Waals surface area contributed by atoms with Crippen molar-refractivity contribution in [3.8, 4) is 0 Å². The molecule has 1 fully saturated rings. The molecule has 0 spiro atoms. The van der Waals surface area contributed by atoms with Gasteiger partial charge in [-0.1, -0.05) is 74.0 Å². The summed E-state index contributed by atoms with van der Waals surface area (Å²) in [5, 5.41) is 0. The highest BCUT2D eigenvalue weighted by atomic mass is 15.1. The van der Waals surface area contributed by atoms with Crippen LogP contribution in [0.2, 0.25) is 0 Å². The molecule has 128 valence electrons. The molecule has 3 rings (SSSR count). The minimum atomic E-state index is 0.258. The molecule has 1 nitrogen and oxygen atoms in total. The predicted octanol–water partition coefficient (Wildman–Crippen LogP) is 5.45. The number of likely N-dealkylation sites (tertiary alicyclic amines) is 1. The molecule has 1 aliphatic rings. The van der Waals surface area contributed by atoms with Crippen molar-refractivity contribution in [2.75, 3.05) is 19.6 Å². The average molecular weight is 322 g/mol. The SMILES string of the molecule is CC(CCc1ccccc1)(CCN1CCCCC1)c1ccccc1. The van der Waals surface area contributed by atoms with Crippen LogP contribution in [-0.2, 0) is 11.8 Å². The zero-order chi connectivity index (χ0) is 16.7. The molecule has 0 aliphatic carbocycles. The van der Waals surface area contributed by atoms with Crippen molar-refractivity contribution in [3.05, 3.63) is 71.8 Å². The molecule has 2 aromatic rings. The maximum absolute atomic E-state index is 2.67. The predicted molar refractivity (Wildman–Crippen MR) is 103 cm³/mol. The Labute approximate surface area is 147 Å². The molecule has 1 aliphatic heterocycles. The molecule has 0 amide bonds. The lowest BCUT2D eigenvalue weighted by atomic mass is 9.75. The van der Waals surface area contributed by atoms with Crippen molar-refractivity contribution in [1.82, 2.24) is 4.90 Å². The number of benzene rings is 2. The Morgan fingerprint density at radius 2 is 1.42 bits per heavy atom. The molecule has 1 atom stereocenters. The van der Waals surface area contributed by atoms with E-state index in [1.54, 1.807) is 0 Å². The summed E-state index contributed by atoms with van der Waals surface area (Å²) in [6.45, 7) is 6.29. The van der Waals surface area contributed by atoms with Gasteiger partial charge in [0.1, 0.15) is 0 Å². The van der Waals surface area contributed by atoms with Crippen molar-refractivity contribution < 1.29 is 0 Å². The second-order valence-electron chi connectivity index (χ2n) is 7.56. The average Bonchev–Trinajstić information content (AvgIpc) is 2.67. The minimum Gasteiger partial charge on any atom is -0.303 e. The first-order chi connectivity index (χ1) is 11.8. The Morgan fingerprint density at radius 1 is 0.792 bits per heavy atom. The van der Waals surface area contributed by atoms with Gasteiger partial charge in [0.25, 0.3) is 0 Å². The normalized spacial score (nSPS) is 18.2. The smallest absolute Gasteiger partial charge is 0.00103 e.